The number of benzene rings is 1. The molecule has 1 aromatic carbocycles. The minimum absolute atomic E-state index is 0.00837. The van der Waals surface area contributed by atoms with Gasteiger partial charge in [-0.3, -0.25) is 9.59 Å². The van der Waals surface area contributed by atoms with E-state index in [0.717, 1.165) is 56.2 Å². The van der Waals surface area contributed by atoms with E-state index in [1.54, 1.807) is 12.4 Å². The van der Waals surface area contributed by atoms with Gasteiger partial charge in [0.1, 0.15) is 6.33 Å². The zero-order valence-electron chi connectivity index (χ0n) is 19.2. The van der Waals surface area contributed by atoms with Crippen molar-refractivity contribution in [1.82, 2.24) is 25.5 Å². The fourth-order valence-electron chi connectivity index (χ4n) is 4.45. The lowest BCUT2D eigenvalue weighted by molar-refractivity contribution is -0.127. The third kappa shape index (κ3) is 6.36. The topological polar surface area (TPSA) is 87.2 Å². The molecule has 1 unspecified atom stereocenters. The van der Waals surface area contributed by atoms with Gasteiger partial charge in [-0.2, -0.15) is 0 Å². The molecular formula is C25H35N5O2. The van der Waals surface area contributed by atoms with Gasteiger partial charge in [0.2, 0.25) is 11.8 Å². The van der Waals surface area contributed by atoms with E-state index in [-0.39, 0.29) is 17.9 Å². The molecule has 1 heterocycles. The smallest absolute Gasteiger partial charge is 0.230 e. The number of rotatable bonds is 11. The molecule has 1 saturated carbocycles. The van der Waals surface area contributed by atoms with E-state index in [0.29, 0.717) is 13.0 Å². The summed E-state index contributed by atoms with van der Waals surface area (Å²) in [5.74, 6) is 0.00450. The van der Waals surface area contributed by atoms with Gasteiger partial charge in [-0.05, 0) is 51.9 Å². The Morgan fingerprint density at radius 1 is 1.06 bits per heavy atom. The van der Waals surface area contributed by atoms with Crippen LogP contribution in [0.15, 0.2) is 49.1 Å². The van der Waals surface area contributed by atoms with Crippen LogP contribution in [-0.4, -0.2) is 53.9 Å². The summed E-state index contributed by atoms with van der Waals surface area (Å²) in [7, 11) is 4.07. The molecule has 3 rings (SSSR count). The Morgan fingerprint density at radius 2 is 1.75 bits per heavy atom. The van der Waals surface area contributed by atoms with Gasteiger partial charge >= 0.3 is 0 Å². The lowest BCUT2D eigenvalue weighted by atomic mass is 9.79. The van der Waals surface area contributed by atoms with Crippen molar-refractivity contribution in [2.45, 2.75) is 56.4 Å². The van der Waals surface area contributed by atoms with Crippen molar-refractivity contribution < 1.29 is 9.59 Å². The van der Waals surface area contributed by atoms with Crippen LogP contribution in [0.1, 0.15) is 62.1 Å². The number of carbonyl (C=O) groups excluding carboxylic acids is 2. The van der Waals surface area contributed by atoms with Crippen LogP contribution in [0, 0.1) is 0 Å². The predicted molar refractivity (Wildman–Crippen MR) is 125 cm³/mol. The fourth-order valence-corrected chi connectivity index (χ4v) is 4.45. The van der Waals surface area contributed by atoms with Crippen LogP contribution in [0.2, 0.25) is 0 Å². The summed E-state index contributed by atoms with van der Waals surface area (Å²) in [5.41, 5.74) is 1.27. The Labute approximate surface area is 191 Å². The van der Waals surface area contributed by atoms with Crippen molar-refractivity contribution in [2.75, 3.05) is 27.2 Å². The number of unbranched alkanes of at least 4 members (excludes halogenated alkanes) is 1. The van der Waals surface area contributed by atoms with Crippen LogP contribution in [0.25, 0.3) is 0 Å². The number of nitrogens with zero attached hydrogens (tertiary/aromatic N) is 3. The SMILES string of the molecule is CN(C)CCCCC(=O)NC(CNC(=O)C1(c2cncnc2)CCCC1)c1ccccc1. The third-order valence-electron chi connectivity index (χ3n) is 6.27. The molecule has 172 valence electrons. The first-order valence-electron chi connectivity index (χ1n) is 11.5. The highest BCUT2D eigenvalue weighted by Crippen LogP contribution is 2.40. The monoisotopic (exact) mass is 437 g/mol. The normalized spacial score (nSPS) is 16.0. The third-order valence-corrected chi connectivity index (χ3v) is 6.27. The molecule has 0 bridgehead atoms. The summed E-state index contributed by atoms with van der Waals surface area (Å²) in [6.45, 7) is 1.32. The van der Waals surface area contributed by atoms with E-state index in [1.165, 1.54) is 6.33 Å². The molecule has 2 amide bonds. The van der Waals surface area contributed by atoms with Crippen molar-refractivity contribution in [2.24, 2.45) is 0 Å². The van der Waals surface area contributed by atoms with Crippen LogP contribution >= 0.6 is 0 Å². The maximum atomic E-state index is 13.4. The van der Waals surface area contributed by atoms with Gasteiger partial charge in [0.25, 0.3) is 0 Å². The van der Waals surface area contributed by atoms with Crippen molar-refractivity contribution in [1.29, 1.82) is 0 Å². The maximum Gasteiger partial charge on any atom is 0.230 e. The predicted octanol–water partition coefficient (Wildman–Crippen LogP) is 2.99. The van der Waals surface area contributed by atoms with Gasteiger partial charge in [-0.15, -0.1) is 0 Å². The Morgan fingerprint density at radius 3 is 2.41 bits per heavy atom. The van der Waals surface area contributed by atoms with Crippen LogP contribution in [0.4, 0.5) is 0 Å². The van der Waals surface area contributed by atoms with Crippen LogP contribution in [-0.2, 0) is 15.0 Å². The van der Waals surface area contributed by atoms with Gasteiger partial charge in [0, 0.05) is 30.9 Å². The molecular weight excluding hydrogens is 402 g/mol. The van der Waals surface area contributed by atoms with Crippen LogP contribution in [0.3, 0.4) is 0 Å². The molecule has 1 aliphatic carbocycles. The number of amides is 2. The van der Waals surface area contributed by atoms with Crippen molar-refractivity contribution >= 4 is 11.8 Å². The summed E-state index contributed by atoms with van der Waals surface area (Å²) in [4.78, 5) is 36.4. The molecule has 1 atom stereocenters. The van der Waals surface area contributed by atoms with Crippen molar-refractivity contribution in [3.63, 3.8) is 0 Å². The Bertz CT molecular complexity index is 851. The first-order valence-corrected chi connectivity index (χ1v) is 11.5. The fraction of sp³-hybridized carbons (Fsp3) is 0.520. The van der Waals surface area contributed by atoms with E-state index < -0.39 is 5.41 Å². The van der Waals surface area contributed by atoms with E-state index >= 15 is 0 Å². The lowest BCUT2D eigenvalue weighted by Crippen LogP contribution is -2.46. The molecule has 0 saturated heterocycles. The number of nitrogens with one attached hydrogen (secondary N) is 2. The molecule has 1 aromatic heterocycles. The van der Waals surface area contributed by atoms with E-state index in [1.807, 2.05) is 44.4 Å². The first kappa shape index (κ1) is 23.9. The van der Waals surface area contributed by atoms with Crippen LogP contribution < -0.4 is 10.6 Å². The van der Waals surface area contributed by atoms with Crippen molar-refractivity contribution in [3.05, 3.63) is 60.2 Å². The molecule has 0 aliphatic heterocycles. The Hall–Kier alpha value is -2.80. The number of carbonyl (C=O) groups is 2. The van der Waals surface area contributed by atoms with E-state index in [4.69, 9.17) is 0 Å². The average molecular weight is 438 g/mol. The summed E-state index contributed by atoms with van der Waals surface area (Å²) in [6.07, 6.45) is 10.9. The number of hydrogen-bond acceptors (Lipinski definition) is 5. The lowest BCUT2D eigenvalue weighted by Gasteiger charge is -2.29. The second-order valence-electron chi connectivity index (χ2n) is 8.92. The zero-order chi connectivity index (χ0) is 22.8. The molecule has 1 aliphatic rings. The standard InChI is InChI=1S/C25H35N5O2/c1-30(2)15-9-6-12-23(31)29-22(20-10-4-3-5-11-20)18-28-24(32)25(13-7-8-14-25)21-16-26-19-27-17-21/h3-5,10-11,16-17,19,22H,6-9,12-15,18H2,1-2H3,(H,28,32)(H,29,31). The van der Waals surface area contributed by atoms with Gasteiger partial charge in [-0.1, -0.05) is 43.2 Å². The largest absolute Gasteiger partial charge is 0.353 e. The van der Waals surface area contributed by atoms with E-state index in [2.05, 4.69) is 25.5 Å². The second kappa shape index (κ2) is 11.7. The van der Waals surface area contributed by atoms with Crippen LogP contribution in [0.5, 0.6) is 0 Å². The quantitative estimate of drug-likeness (QED) is 0.528. The maximum absolute atomic E-state index is 13.4. The van der Waals surface area contributed by atoms with Gasteiger partial charge < -0.3 is 15.5 Å². The summed E-state index contributed by atoms with van der Waals surface area (Å²) < 4.78 is 0. The van der Waals surface area contributed by atoms with Gasteiger partial charge in [-0.25, -0.2) is 9.97 Å². The summed E-state index contributed by atoms with van der Waals surface area (Å²) in [5, 5.41) is 6.26. The molecule has 32 heavy (non-hydrogen) atoms. The minimum atomic E-state index is -0.585. The number of hydrogen-bond donors (Lipinski definition) is 2. The molecule has 2 N–H and O–H groups in total. The molecule has 2 aromatic rings. The first-order chi connectivity index (χ1) is 15.5. The highest BCUT2D eigenvalue weighted by Gasteiger charge is 2.43. The Balaban J connectivity index is 1.64. The van der Waals surface area contributed by atoms with Gasteiger partial charge in [0.15, 0.2) is 0 Å². The van der Waals surface area contributed by atoms with Crippen molar-refractivity contribution in [3.8, 4) is 0 Å². The molecule has 1 fully saturated rings. The molecule has 0 spiro atoms. The summed E-state index contributed by atoms with van der Waals surface area (Å²) >= 11 is 0. The highest BCUT2D eigenvalue weighted by molar-refractivity contribution is 5.88. The minimum Gasteiger partial charge on any atom is -0.353 e. The second-order valence-corrected chi connectivity index (χ2v) is 8.92. The highest BCUT2D eigenvalue weighted by atomic mass is 16.2. The van der Waals surface area contributed by atoms with E-state index in [9.17, 15) is 9.59 Å². The summed E-state index contributed by atoms with van der Waals surface area (Å²) in [6, 6.07) is 9.55. The molecule has 7 nitrogen and oxygen atoms in total. The molecule has 7 heteroatoms. The average Bonchev–Trinajstić information content (AvgIpc) is 3.32. The van der Waals surface area contributed by atoms with Gasteiger partial charge in [0.05, 0.1) is 11.5 Å². The number of aromatic nitrogens is 2. The zero-order valence-corrected chi connectivity index (χ0v) is 19.2. The molecule has 0 radical (unpaired) electrons. The Kier molecular flexibility index (Phi) is 8.73.